The molecule has 1 fully saturated rings. The zero-order valence-electron chi connectivity index (χ0n) is 10.1. The molecule has 1 saturated heterocycles. The number of carbonyl (C=O) groups is 1. The van der Waals surface area contributed by atoms with Gasteiger partial charge in [0, 0.05) is 30.9 Å². The van der Waals surface area contributed by atoms with Crippen molar-refractivity contribution in [1.29, 1.82) is 0 Å². The highest BCUT2D eigenvalue weighted by atomic mass is 16.2. The topological polar surface area (TPSA) is 33.2 Å². The van der Waals surface area contributed by atoms with Crippen molar-refractivity contribution in [2.75, 3.05) is 13.1 Å². The van der Waals surface area contributed by atoms with Gasteiger partial charge < -0.3 is 4.90 Å². The van der Waals surface area contributed by atoms with E-state index in [2.05, 4.69) is 11.1 Å². The van der Waals surface area contributed by atoms with Crippen LogP contribution < -0.4 is 0 Å². The summed E-state index contributed by atoms with van der Waals surface area (Å²) >= 11 is 0. The van der Waals surface area contributed by atoms with E-state index in [4.69, 9.17) is 0 Å². The Morgan fingerprint density at radius 3 is 3.00 bits per heavy atom. The molecule has 3 nitrogen and oxygen atoms in total. The fourth-order valence-electron chi connectivity index (χ4n) is 2.97. The molecule has 2 aliphatic rings. The smallest absolute Gasteiger partial charge is 0.226 e. The molecule has 1 aliphatic heterocycles. The second kappa shape index (κ2) is 4.47. The molecule has 0 N–H and O–H groups in total. The summed E-state index contributed by atoms with van der Waals surface area (Å²) in [5, 5.41) is 0. The largest absolute Gasteiger partial charge is 0.342 e. The minimum absolute atomic E-state index is 0.199. The molecule has 3 rings (SSSR count). The van der Waals surface area contributed by atoms with Crippen molar-refractivity contribution in [3.8, 4) is 0 Å². The van der Waals surface area contributed by atoms with Gasteiger partial charge in [-0.1, -0.05) is 6.07 Å². The summed E-state index contributed by atoms with van der Waals surface area (Å²) in [7, 11) is 0. The second-order valence-corrected chi connectivity index (χ2v) is 5.08. The summed E-state index contributed by atoms with van der Waals surface area (Å²) in [6, 6.07) is 4.09. The van der Waals surface area contributed by atoms with Crippen molar-refractivity contribution in [3.05, 3.63) is 29.6 Å². The number of rotatable bonds is 1. The normalized spacial score (nSPS) is 23.5. The Labute approximate surface area is 102 Å². The van der Waals surface area contributed by atoms with E-state index in [9.17, 15) is 4.79 Å². The van der Waals surface area contributed by atoms with E-state index in [1.165, 1.54) is 24.1 Å². The van der Waals surface area contributed by atoms with Gasteiger partial charge in [0.1, 0.15) is 0 Å². The summed E-state index contributed by atoms with van der Waals surface area (Å²) in [6.07, 6.45) is 7.02. The summed E-state index contributed by atoms with van der Waals surface area (Å²) in [6.45, 7) is 1.93. The van der Waals surface area contributed by atoms with E-state index >= 15 is 0 Å². The number of likely N-dealkylation sites (tertiary alicyclic amines) is 1. The molecule has 0 radical (unpaired) electrons. The molecule has 0 spiro atoms. The molecule has 1 aromatic heterocycles. The highest BCUT2D eigenvalue weighted by Crippen LogP contribution is 2.26. The third-order valence-electron chi connectivity index (χ3n) is 3.95. The van der Waals surface area contributed by atoms with Gasteiger partial charge in [0.15, 0.2) is 0 Å². The lowest BCUT2D eigenvalue weighted by Crippen LogP contribution is -2.36. The van der Waals surface area contributed by atoms with Crippen LogP contribution in [0.1, 0.15) is 30.5 Å². The average molecular weight is 230 g/mol. The fraction of sp³-hybridized carbons (Fsp3) is 0.571. The summed E-state index contributed by atoms with van der Waals surface area (Å²) in [5.41, 5.74) is 2.47. The summed E-state index contributed by atoms with van der Waals surface area (Å²) in [5.74, 6) is 0.571. The van der Waals surface area contributed by atoms with E-state index in [-0.39, 0.29) is 5.92 Å². The zero-order valence-corrected chi connectivity index (χ0v) is 10.1. The standard InChI is InChI=1S/C14H18N2O/c17-14(16-8-1-2-9-16)12-5-6-13-11(10-12)4-3-7-15-13/h3-4,7,12H,1-2,5-6,8-10H2. The fourth-order valence-corrected chi connectivity index (χ4v) is 2.97. The predicted molar refractivity (Wildman–Crippen MR) is 65.6 cm³/mol. The van der Waals surface area contributed by atoms with Gasteiger partial charge in [0.25, 0.3) is 0 Å². The first kappa shape index (κ1) is 10.8. The van der Waals surface area contributed by atoms with E-state index < -0.39 is 0 Å². The Balaban J connectivity index is 1.73. The van der Waals surface area contributed by atoms with Crippen molar-refractivity contribution in [2.45, 2.75) is 32.1 Å². The van der Waals surface area contributed by atoms with Crippen LogP contribution in [0.5, 0.6) is 0 Å². The highest BCUT2D eigenvalue weighted by Gasteiger charge is 2.29. The SMILES string of the molecule is O=C(C1CCc2ncccc2C1)N1CCCC1. The van der Waals surface area contributed by atoms with Gasteiger partial charge in [-0.15, -0.1) is 0 Å². The molecule has 3 heteroatoms. The lowest BCUT2D eigenvalue weighted by atomic mass is 9.86. The first-order valence-electron chi connectivity index (χ1n) is 6.56. The van der Waals surface area contributed by atoms with Crippen molar-refractivity contribution < 1.29 is 4.79 Å². The van der Waals surface area contributed by atoms with Gasteiger partial charge in [-0.2, -0.15) is 0 Å². The van der Waals surface area contributed by atoms with Crippen molar-refractivity contribution in [1.82, 2.24) is 9.88 Å². The molecular weight excluding hydrogens is 212 g/mol. The molecule has 1 atom stereocenters. The number of hydrogen-bond acceptors (Lipinski definition) is 2. The quantitative estimate of drug-likeness (QED) is 0.737. The zero-order chi connectivity index (χ0) is 11.7. The second-order valence-electron chi connectivity index (χ2n) is 5.08. The van der Waals surface area contributed by atoms with Crippen LogP contribution in [-0.2, 0) is 17.6 Å². The number of pyridine rings is 1. The van der Waals surface area contributed by atoms with Crippen LogP contribution >= 0.6 is 0 Å². The van der Waals surface area contributed by atoms with Gasteiger partial charge in [0.05, 0.1) is 0 Å². The van der Waals surface area contributed by atoms with E-state index in [1.54, 1.807) is 0 Å². The summed E-state index contributed by atoms with van der Waals surface area (Å²) in [4.78, 5) is 18.7. The molecule has 17 heavy (non-hydrogen) atoms. The number of carbonyl (C=O) groups excluding carboxylic acids is 1. The first-order chi connectivity index (χ1) is 8.34. The van der Waals surface area contributed by atoms with Crippen molar-refractivity contribution >= 4 is 5.91 Å². The van der Waals surface area contributed by atoms with Gasteiger partial charge in [-0.3, -0.25) is 9.78 Å². The minimum atomic E-state index is 0.199. The molecule has 0 aromatic carbocycles. The van der Waals surface area contributed by atoms with Crippen LogP contribution in [0, 0.1) is 5.92 Å². The Morgan fingerprint density at radius 2 is 2.18 bits per heavy atom. The monoisotopic (exact) mass is 230 g/mol. The van der Waals surface area contributed by atoms with Crippen LogP contribution in [0.15, 0.2) is 18.3 Å². The third-order valence-corrected chi connectivity index (χ3v) is 3.95. The van der Waals surface area contributed by atoms with Crippen LogP contribution in [0.4, 0.5) is 0 Å². The van der Waals surface area contributed by atoms with Crippen molar-refractivity contribution in [2.24, 2.45) is 5.92 Å². The van der Waals surface area contributed by atoms with Crippen LogP contribution in [0.2, 0.25) is 0 Å². The third kappa shape index (κ3) is 2.06. The molecule has 2 heterocycles. The number of amides is 1. The van der Waals surface area contributed by atoms with E-state index in [0.29, 0.717) is 5.91 Å². The van der Waals surface area contributed by atoms with Gasteiger partial charge in [0.2, 0.25) is 5.91 Å². The molecule has 1 amide bonds. The Bertz CT molecular complexity index is 424. The Kier molecular flexibility index (Phi) is 2.83. The average Bonchev–Trinajstić information content (AvgIpc) is 2.91. The number of aryl methyl sites for hydroxylation is 1. The maximum Gasteiger partial charge on any atom is 0.226 e. The van der Waals surface area contributed by atoms with Crippen LogP contribution in [0.3, 0.4) is 0 Å². The van der Waals surface area contributed by atoms with Crippen molar-refractivity contribution in [3.63, 3.8) is 0 Å². The minimum Gasteiger partial charge on any atom is -0.342 e. The lowest BCUT2D eigenvalue weighted by molar-refractivity contribution is -0.134. The van der Waals surface area contributed by atoms with Gasteiger partial charge in [-0.05, 0) is 43.7 Å². The molecular formula is C14H18N2O. The Morgan fingerprint density at radius 1 is 1.35 bits per heavy atom. The lowest BCUT2D eigenvalue weighted by Gasteiger charge is -2.27. The van der Waals surface area contributed by atoms with E-state index in [1.807, 2.05) is 17.2 Å². The first-order valence-corrected chi connectivity index (χ1v) is 6.56. The number of aromatic nitrogens is 1. The maximum atomic E-state index is 12.3. The predicted octanol–water partition coefficient (Wildman–Crippen LogP) is 1.81. The van der Waals surface area contributed by atoms with E-state index in [0.717, 1.165) is 32.4 Å². The number of fused-ring (bicyclic) bond motifs is 1. The Hall–Kier alpha value is -1.38. The van der Waals surface area contributed by atoms with Gasteiger partial charge >= 0.3 is 0 Å². The molecule has 0 saturated carbocycles. The molecule has 1 aliphatic carbocycles. The van der Waals surface area contributed by atoms with Crippen LogP contribution in [0.25, 0.3) is 0 Å². The number of hydrogen-bond donors (Lipinski definition) is 0. The molecule has 90 valence electrons. The summed E-state index contributed by atoms with van der Waals surface area (Å²) < 4.78 is 0. The number of nitrogens with zero attached hydrogens (tertiary/aromatic N) is 2. The highest BCUT2D eigenvalue weighted by molar-refractivity contribution is 5.79. The van der Waals surface area contributed by atoms with Crippen LogP contribution in [-0.4, -0.2) is 28.9 Å². The maximum absolute atomic E-state index is 12.3. The van der Waals surface area contributed by atoms with Gasteiger partial charge in [-0.25, -0.2) is 0 Å². The molecule has 1 aromatic rings. The molecule has 1 unspecified atom stereocenters. The molecule has 0 bridgehead atoms.